The van der Waals surface area contributed by atoms with Crippen molar-refractivity contribution in [3.8, 4) is 0 Å². The molecule has 1 heterocycles. The summed E-state index contributed by atoms with van der Waals surface area (Å²) in [6, 6.07) is 11.2. The highest BCUT2D eigenvalue weighted by Gasteiger charge is 2.17. The number of nitrogens with zero attached hydrogens (tertiary/aromatic N) is 1. The van der Waals surface area contributed by atoms with Crippen molar-refractivity contribution < 1.29 is 0 Å². The van der Waals surface area contributed by atoms with Crippen molar-refractivity contribution in [1.29, 1.82) is 0 Å². The van der Waals surface area contributed by atoms with Crippen LogP contribution in [0, 0.1) is 0 Å². The van der Waals surface area contributed by atoms with Crippen LogP contribution in [0.3, 0.4) is 0 Å². The third kappa shape index (κ3) is 3.62. The van der Waals surface area contributed by atoms with Gasteiger partial charge in [0.25, 0.3) is 0 Å². The normalized spacial score (nSPS) is 21.4. The highest BCUT2D eigenvalue weighted by atomic mass is 15.2. The number of aryl methyl sites for hydroxylation is 1. The van der Waals surface area contributed by atoms with E-state index in [1.54, 1.807) is 0 Å². The first-order valence-corrected chi connectivity index (χ1v) is 6.36. The minimum Gasteiger partial charge on any atom is -0.326 e. The summed E-state index contributed by atoms with van der Waals surface area (Å²) in [4.78, 5) is 2.50. The average molecular weight is 218 g/mol. The lowest BCUT2D eigenvalue weighted by molar-refractivity contribution is 0.326. The highest BCUT2D eigenvalue weighted by molar-refractivity contribution is 5.14. The Bertz CT molecular complexity index is 297. The molecule has 0 unspecified atom stereocenters. The number of likely N-dealkylation sites (tertiary alicyclic amines) is 1. The molecule has 1 atom stereocenters. The number of hydrogen-bond acceptors (Lipinski definition) is 2. The van der Waals surface area contributed by atoms with E-state index in [1.807, 2.05) is 0 Å². The van der Waals surface area contributed by atoms with E-state index in [2.05, 4.69) is 35.2 Å². The maximum atomic E-state index is 5.88. The molecule has 0 aromatic heterocycles. The first-order valence-electron chi connectivity index (χ1n) is 6.36. The van der Waals surface area contributed by atoms with Gasteiger partial charge in [-0.25, -0.2) is 0 Å². The van der Waals surface area contributed by atoms with Crippen molar-refractivity contribution in [1.82, 2.24) is 4.90 Å². The van der Waals surface area contributed by atoms with Gasteiger partial charge in [-0.2, -0.15) is 0 Å². The van der Waals surface area contributed by atoms with Crippen molar-refractivity contribution in [2.45, 2.75) is 31.7 Å². The maximum Gasteiger partial charge on any atom is 0.0180 e. The highest BCUT2D eigenvalue weighted by Crippen LogP contribution is 2.09. The summed E-state index contributed by atoms with van der Waals surface area (Å²) in [5.41, 5.74) is 7.34. The summed E-state index contributed by atoms with van der Waals surface area (Å²) in [5.74, 6) is 0. The molecule has 1 aromatic carbocycles. The van der Waals surface area contributed by atoms with Crippen LogP contribution in [0.1, 0.15) is 24.8 Å². The summed E-state index contributed by atoms with van der Waals surface area (Å²) >= 11 is 0. The molecule has 88 valence electrons. The van der Waals surface area contributed by atoms with Crippen LogP contribution in [0.2, 0.25) is 0 Å². The molecule has 2 N–H and O–H groups in total. The first-order chi connectivity index (χ1) is 7.84. The van der Waals surface area contributed by atoms with E-state index < -0.39 is 0 Å². The number of rotatable bonds is 5. The molecule has 0 radical (unpaired) electrons. The Morgan fingerprint density at radius 2 is 2.00 bits per heavy atom. The fourth-order valence-electron chi connectivity index (χ4n) is 2.37. The van der Waals surface area contributed by atoms with Gasteiger partial charge in [0, 0.05) is 12.6 Å². The quantitative estimate of drug-likeness (QED) is 0.766. The molecule has 1 aliphatic rings. The molecule has 1 aliphatic heterocycles. The van der Waals surface area contributed by atoms with Crippen molar-refractivity contribution in [3.63, 3.8) is 0 Å². The lowest BCUT2D eigenvalue weighted by atomic mass is 10.1. The van der Waals surface area contributed by atoms with Gasteiger partial charge in [0.15, 0.2) is 0 Å². The molecule has 1 fully saturated rings. The van der Waals surface area contributed by atoms with Crippen molar-refractivity contribution in [2.24, 2.45) is 5.73 Å². The zero-order valence-electron chi connectivity index (χ0n) is 9.94. The van der Waals surface area contributed by atoms with Crippen molar-refractivity contribution >= 4 is 0 Å². The van der Waals surface area contributed by atoms with Gasteiger partial charge in [-0.05, 0) is 44.3 Å². The molecular formula is C14H22N2. The van der Waals surface area contributed by atoms with Crippen LogP contribution < -0.4 is 5.73 Å². The number of nitrogens with two attached hydrogens (primary N) is 1. The van der Waals surface area contributed by atoms with E-state index in [9.17, 15) is 0 Å². The van der Waals surface area contributed by atoms with E-state index in [1.165, 1.54) is 44.3 Å². The summed E-state index contributed by atoms with van der Waals surface area (Å²) in [6.45, 7) is 3.53. The monoisotopic (exact) mass is 218 g/mol. The summed E-state index contributed by atoms with van der Waals surface area (Å²) in [6.07, 6.45) is 4.97. The van der Waals surface area contributed by atoms with Gasteiger partial charge >= 0.3 is 0 Å². The van der Waals surface area contributed by atoms with Gasteiger partial charge in [0.1, 0.15) is 0 Å². The molecule has 16 heavy (non-hydrogen) atoms. The molecule has 0 saturated carbocycles. The minimum absolute atomic E-state index is 0.425. The SMILES string of the molecule is N[C@H]1CCN(CCCCc2ccccc2)C1. The third-order valence-corrected chi connectivity index (χ3v) is 3.34. The molecule has 0 spiro atoms. The van der Waals surface area contributed by atoms with E-state index in [0.29, 0.717) is 6.04 Å². The Morgan fingerprint density at radius 1 is 1.19 bits per heavy atom. The van der Waals surface area contributed by atoms with Gasteiger partial charge in [-0.1, -0.05) is 30.3 Å². The van der Waals surface area contributed by atoms with Crippen molar-refractivity contribution in [3.05, 3.63) is 35.9 Å². The molecule has 0 amide bonds. The van der Waals surface area contributed by atoms with E-state index in [-0.39, 0.29) is 0 Å². The van der Waals surface area contributed by atoms with Crippen LogP contribution in [-0.2, 0) is 6.42 Å². The van der Waals surface area contributed by atoms with Gasteiger partial charge in [-0.3, -0.25) is 0 Å². The molecule has 1 aromatic rings. The predicted molar refractivity (Wildman–Crippen MR) is 68.4 cm³/mol. The molecule has 0 aliphatic carbocycles. The Balaban J connectivity index is 1.59. The van der Waals surface area contributed by atoms with E-state index in [0.717, 1.165) is 6.54 Å². The Morgan fingerprint density at radius 3 is 2.69 bits per heavy atom. The standard InChI is InChI=1S/C14H22N2/c15-14-9-11-16(12-14)10-5-4-8-13-6-2-1-3-7-13/h1-3,6-7,14H,4-5,8-12,15H2/t14-/m0/s1. The maximum absolute atomic E-state index is 5.88. The second-order valence-corrected chi connectivity index (χ2v) is 4.79. The average Bonchev–Trinajstić information content (AvgIpc) is 2.72. The Labute approximate surface area is 98.4 Å². The zero-order valence-corrected chi connectivity index (χ0v) is 9.94. The zero-order chi connectivity index (χ0) is 11.2. The number of benzene rings is 1. The Hall–Kier alpha value is -0.860. The van der Waals surface area contributed by atoms with Crippen LogP contribution in [0.15, 0.2) is 30.3 Å². The van der Waals surface area contributed by atoms with E-state index >= 15 is 0 Å². The molecule has 1 saturated heterocycles. The van der Waals surface area contributed by atoms with Crippen LogP contribution in [-0.4, -0.2) is 30.6 Å². The molecule has 2 rings (SSSR count). The summed E-state index contributed by atoms with van der Waals surface area (Å²) in [5, 5.41) is 0. The van der Waals surface area contributed by atoms with Crippen LogP contribution in [0.4, 0.5) is 0 Å². The van der Waals surface area contributed by atoms with Gasteiger partial charge in [-0.15, -0.1) is 0 Å². The van der Waals surface area contributed by atoms with Gasteiger partial charge in [0.2, 0.25) is 0 Å². The molecule has 2 nitrogen and oxygen atoms in total. The second kappa shape index (κ2) is 6.02. The molecular weight excluding hydrogens is 196 g/mol. The number of hydrogen-bond donors (Lipinski definition) is 1. The summed E-state index contributed by atoms with van der Waals surface area (Å²) < 4.78 is 0. The molecule has 2 heteroatoms. The largest absolute Gasteiger partial charge is 0.326 e. The number of unbranched alkanes of at least 4 members (excludes halogenated alkanes) is 1. The fraction of sp³-hybridized carbons (Fsp3) is 0.571. The van der Waals surface area contributed by atoms with Crippen LogP contribution >= 0.6 is 0 Å². The van der Waals surface area contributed by atoms with Gasteiger partial charge in [0.05, 0.1) is 0 Å². The predicted octanol–water partition coefficient (Wildman–Crippen LogP) is 2.04. The minimum atomic E-state index is 0.425. The van der Waals surface area contributed by atoms with Crippen LogP contribution in [0.5, 0.6) is 0 Å². The Kier molecular flexibility index (Phi) is 4.37. The smallest absolute Gasteiger partial charge is 0.0180 e. The topological polar surface area (TPSA) is 29.3 Å². The second-order valence-electron chi connectivity index (χ2n) is 4.79. The van der Waals surface area contributed by atoms with E-state index in [4.69, 9.17) is 5.73 Å². The summed E-state index contributed by atoms with van der Waals surface area (Å²) in [7, 11) is 0. The van der Waals surface area contributed by atoms with Gasteiger partial charge < -0.3 is 10.6 Å². The van der Waals surface area contributed by atoms with Crippen molar-refractivity contribution in [2.75, 3.05) is 19.6 Å². The van der Waals surface area contributed by atoms with Crippen LogP contribution in [0.25, 0.3) is 0 Å². The third-order valence-electron chi connectivity index (χ3n) is 3.34. The first kappa shape index (κ1) is 11.6. The lowest BCUT2D eigenvalue weighted by Gasteiger charge is -2.14. The fourth-order valence-corrected chi connectivity index (χ4v) is 2.37. The lowest BCUT2D eigenvalue weighted by Crippen LogP contribution is -2.27. The molecule has 0 bridgehead atoms.